The van der Waals surface area contributed by atoms with Crippen LogP contribution in [0.4, 0.5) is 0 Å². The molecule has 1 unspecified atom stereocenters. The number of nitrogens with zero attached hydrogens (tertiary/aromatic N) is 3. The van der Waals surface area contributed by atoms with Crippen LogP contribution in [0.15, 0.2) is 35.3 Å². The molecule has 1 atom stereocenters. The molecule has 2 fully saturated rings. The molecule has 9 heteroatoms. The Bertz CT molecular complexity index is 744. The number of hydrogen-bond donors (Lipinski definition) is 2. The lowest BCUT2D eigenvalue weighted by molar-refractivity contribution is 0.250. The van der Waals surface area contributed by atoms with E-state index in [9.17, 15) is 8.42 Å². The molecule has 0 saturated carbocycles. The van der Waals surface area contributed by atoms with Gasteiger partial charge in [0.2, 0.25) is 10.0 Å². The number of sulfonamides is 1. The number of nitrogens with one attached hydrogen (secondary N) is 2. The SMILES string of the molecule is CCNC(=NCC1CCCN1Cc1ccccc1)NCCN1CCCS1(=O)=O.I. The summed E-state index contributed by atoms with van der Waals surface area (Å²) in [6.07, 6.45) is 3.11. The van der Waals surface area contributed by atoms with Crippen molar-refractivity contribution in [1.82, 2.24) is 19.8 Å². The van der Waals surface area contributed by atoms with Crippen molar-refractivity contribution < 1.29 is 8.42 Å². The second-order valence-corrected chi connectivity index (χ2v) is 9.56. The largest absolute Gasteiger partial charge is 0.357 e. The van der Waals surface area contributed by atoms with Gasteiger partial charge in [-0.05, 0) is 38.3 Å². The van der Waals surface area contributed by atoms with Crippen molar-refractivity contribution in [2.45, 2.75) is 38.8 Å². The topological polar surface area (TPSA) is 77.0 Å². The van der Waals surface area contributed by atoms with Gasteiger partial charge in [0, 0.05) is 38.8 Å². The quantitative estimate of drug-likeness (QED) is 0.302. The normalized spacial score (nSPS) is 22.4. The Hall–Kier alpha value is -0.910. The average Bonchev–Trinajstić information content (AvgIpc) is 3.26. The lowest BCUT2D eigenvalue weighted by Gasteiger charge is -2.23. The Labute approximate surface area is 192 Å². The summed E-state index contributed by atoms with van der Waals surface area (Å²) in [6, 6.07) is 11.0. The fraction of sp³-hybridized carbons (Fsp3) is 0.650. The highest BCUT2D eigenvalue weighted by Gasteiger charge is 2.27. The first-order valence-corrected chi connectivity index (χ1v) is 12.0. The Kier molecular flexibility index (Phi) is 10.1. The zero-order valence-electron chi connectivity index (χ0n) is 17.2. The third-order valence-electron chi connectivity index (χ3n) is 5.39. The number of aliphatic imine (C=N–C) groups is 1. The molecule has 1 aromatic rings. The van der Waals surface area contributed by atoms with E-state index in [0.29, 0.717) is 25.7 Å². The van der Waals surface area contributed by atoms with Crippen LogP contribution in [0.1, 0.15) is 31.7 Å². The van der Waals surface area contributed by atoms with E-state index in [1.807, 2.05) is 6.92 Å². The van der Waals surface area contributed by atoms with Crippen LogP contribution in [0, 0.1) is 0 Å². The van der Waals surface area contributed by atoms with E-state index in [4.69, 9.17) is 4.99 Å². The molecule has 0 aliphatic carbocycles. The van der Waals surface area contributed by atoms with Crippen molar-refractivity contribution in [3.8, 4) is 0 Å². The smallest absolute Gasteiger partial charge is 0.214 e. The minimum absolute atomic E-state index is 0. The molecule has 2 aliphatic rings. The van der Waals surface area contributed by atoms with Crippen molar-refractivity contribution in [2.24, 2.45) is 4.99 Å². The van der Waals surface area contributed by atoms with Crippen LogP contribution in [0.5, 0.6) is 0 Å². The van der Waals surface area contributed by atoms with E-state index in [0.717, 1.165) is 38.6 Å². The van der Waals surface area contributed by atoms with Gasteiger partial charge in [-0.2, -0.15) is 0 Å². The highest BCUT2D eigenvalue weighted by molar-refractivity contribution is 14.0. The number of hydrogen-bond acceptors (Lipinski definition) is 4. The van der Waals surface area contributed by atoms with Gasteiger partial charge in [-0.1, -0.05) is 30.3 Å². The van der Waals surface area contributed by atoms with Crippen molar-refractivity contribution in [2.75, 3.05) is 45.0 Å². The van der Waals surface area contributed by atoms with Gasteiger partial charge in [0.25, 0.3) is 0 Å². The molecule has 2 saturated heterocycles. The minimum Gasteiger partial charge on any atom is -0.357 e. The molecule has 2 N–H and O–H groups in total. The Morgan fingerprint density at radius 3 is 2.66 bits per heavy atom. The highest BCUT2D eigenvalue weighted by atomic mass is 127. The maximum Gasteiger partial charge on any atom is 0.214 e. The molecule has 3 rings (SSSR count). The second kappa shape index (κ2) is 12.1. The van der Waals surface area contributed by atoms with Gasteiger partial charge in [-0.25, -0.2) is 12.7 Å². The molecule has 164 valence electrons. The lowest BCUT2D eigenvalue weighted by Crippen LogP contribution is -2.42. The van der Waals surface area contributed by atoms with E-state index in [1.165, 1.54) is 18.4 Å². The van der Waals surface area contributed by atoms with Crippen LogP contribution >= 0.6 is 24.0 Å². The molecule has 29 heavy (non-hydrogen) atoms. The van der Waals surface area contributed by atoms with E-state index >= 15 is 0 Å². The molecular weight excluding hydrogens is 501 g/mol. The molecular formula is C20H34IN5O2S. The van der Waals surface area contributed by atoms with Gasteiger partial charge in [0.1, 0.15) is 0 Å². The van der Waals surface area contributed by atoms with E-state index in [2.05, 4.69) is 45.9 Å². The maximum atomic E-state index is 11.9. The summed E-state index contributed by atoms with van der Waals surface area (Å²) in [4.78, 5) is 7.29. The minimum atomic E-state index is -3.03. The molecule has 2 heterocycles. The van der Waals surface area contributed by atoms with Gasteiger partial charge in [0.15, 0.2) is 5.96 Å². The van der Waals surface area contributed by atoms with Gasteiger partial charge in [-0.15, -0.1) is 24.0 Å². The Morgan fingerprint density at radius 1 is 1.17 bits per heavy atom. The number of rotatable bonds is 8. The third-order valence-corrected chi connectivity index (χ3v) is 7.35. The van der Waals surface area contributed by atoms with Crippen molar-refractivity contribution in [1.29, 1.82) is 0 Å². The summed E-state index contributed by atoms with van der Waals surface area (Å²) in [5, 5.41) is 6.56. The van der Waals surface area contributed by atoms with Crippen molar-refractivity contribution in [3.05, 3.63) is 35.9 Å². The predicted molar refractivity (Wildman–Crippen MR) is 129 cm³/mol. The van der Waals surface area contributed by atoms with E-state index in [1.54, 1.807) is 4.31 Å². The maximum absolute atomic E-state index is 11.9. The zero-order chi connectivity index (χ0) is 19.8. The zero-order valence-corrected chi connectivity index (χ0v) is 20.4. The van der Waals surface area contributed by atoms with E-state index < -0.39 is 10.0 Å². The van der Waals surface area contributed by atoms with Crippen LogP contribution in [-0.2, 0) is 16.6 Å². The molecule has 0 bridgehead atoms. The highest BCUT2D eigenvalue weighted by Crippen LogP contribution is 2.20. The third kappa shape index (κ3) is 7.37. The molecule has 2 aliphatic heterocycles. The lowest BCUT2D eigenvalue weighted by atomic mass is 10.2. The summed E-state index contributed by atoms with van der Waals surface area (Å²) in [5.41, 5.74) is 1.34. The summed E-state index contributed by atoms with van der Waals surface area (Å²) in [6.45, 7) is 7.37. The molecule has 0 radical (unpaired) electrons. The molecule has 0 aromatic heterocycles. The van der Waals surface area contributed by atoms with Crippen LogP contribution in [0.25, 0.3) is 0 Å². The van der Waals surface area contributed by atoms with Crippen molar-refractivity contribution >= 4 is 40.0 Å². The molecule has 0 amide bonds. The summed E-state index contributed by atoms with van der Waals surface area (Å²) in [5.74, 6) is 1.05. The number of halogens is 1. The van der Waals surface area contributed by atoms with Gasteiger partial charge < -0.3 is 10.6 Å². The summed E-state index contributed by atoms with van der Waals surface area (Å²) >= 11 is 0. The van der Waals surface area contributed by atoms with Gasteiger partial charge >= 0.3 is 0 Å². The summed E-state index contributed by atoms with van der Waals surface area (Å²) in [7, 11) is -3.03. The Morgan fingerprint density at radius 2 is 1.97 bits per heavy atom. The number of likely N-dealkylation sites (tertiary alicyclic amines) is 1. The molecule has 0 spiro atoms. The fourth-order valence-electron chi connectivity index (χ4n) is 3.91. The van der Waals surface area contributed by atoms with Gasteiger partial charge in [0.05, 0.1) is 12.3 Å². The van der Waals surface area contributed by atoms with Crippen LogP contribution in [0.2, 0.25) is 0 Å². The Balaban J connectivity index is 0.00000300. The van der Waals surface area contributed by atoms with Crippen LogP contribution in [0.3, 0.4) is 0 Å². The first-order valence-electron chi connectivity index (χ1n) is 10.4. The number of guanidine groups is 1. The first kappa shape index (κ1) is 24.4. The summed E-state index contributed by atoms with van der Waals surface area (Å²) < 4.78 is 25.4. The molecule has 7 nitrogen and oxygen atoms in total. The monoisotopic (exact) mass is 535 g/mol. The predicted octanol–water partition coefficient (Wildman–Crippen LogP) is 1.86. The van der Waals surface area contributed by atoms with Crippen molar-refractivity contribution in [3.63, 3.8) is 0 Å². The molecule has 1 aromatic carbocycles. The van der Waals surface area contributed by atoms with E-state index in [-0.39, 0.29) is 29.7 Å². The van der Waals surface area contributed by atoms with Gasteiger partial charge in [-0.3, -0.25) is 9.89 Å². The second-order valence-electron chi connectivity index (χ2n) is 7.47. The standard InChI is InChI=1S/C20H33N5O2S.HI/c1-2-21-20(22-11-14-25-13-7-15-28(25,26)27)23-16-19-10-6-12-24(19)17-18-8-4-3-5-9-18;/h3-5,8-9,19H,2,6-7,10-17H2,1H3,(H2,21,22,23);1H. The fourth-order valence-corrected chi connectivity index (χ4v) is 5.44. The van der Waals surface area contributed by atoms with Crippen LogP contribution < -0.4 is 10.6 Å². The average molecular weight is 535 g/mol. The first-order chi connectivity index (χ1) is 13.6. The van der Waals surface area contributed by atoms with Crippen LogP contribution in [-0.4, -0.2) is 74.6 Å². The number of benzene rings is 1.